The van der Waals surface area contributed by atoms with E-state index < -0.39 is 15.8 Å². The van der Waals surface area contributed by atoms with Crippen molar-refractivity contribution in [1.29, 1.82) is 0 Å². The Morgan fingerprint density at radius 1 is 1.38 bits per heavy atom. The van der Waals surface area contributed by atoms with Crippen LogP contribution in [0.15, 0.2) is 23.1 Å². The second-order valence-electron chi connectivity index (χ2n) is 4.88. The van der Waals surface area contributed by atoms with Gasteiger partial charge >= 0.3 is 0 Å². The second kappa shape index (κ2) is 7.40. The fourth-order valence-electron chi connectivity index (χ4n) is 2.34. The van der Waals surface area contributed by atoms with E-state index in [4.69, 9.17) is 10.5 Å². The minimum Gasteiger partial charge on any atom is -0.494 e. The molecule has 0 atom stereocenters. The van der Waals surface area contributed by atoms with E-state index in [-0.39, 0.29) is 23.1 Å². The van der Waals surface area contributed by atoms with Gasteiger partial charge in [0.05, 0.1) is 12.0 Å². The van der Waals surface area contributed by atoms with Crippen LogP contribution in [-0.4, -0.2) is 39.5 Å². The van der Waals surface area contributed by atoms with Crippen molar-refractivity contribution in [2.75, 3.05) is 26.7 Å². The predicted octanol–water partition coefficient (Wildman–Crippen LogP) is 1.62. The third-order valence-electron chi connectivity index (χ3n) is 3.67. The maximum absolute atomic E-state index is 13.6. The molecular formula is C13H20ClFN2O3S. The lowest BCUT2D eigenvalue weighted by atomic mass is 9.99. The lowest BCUT2D eigenvalue weighted by Crippen LogP contribution is -2.40. The van der Waals surface area contributed by atoms with E-state index in [0.717, 1.165) is 18.9 Å². The minimum atomic E-state index is -3.64. The summed E-state index contributed by atoms with van der Waals surface area (Å²) < 4.78 is 44.7. The Kier molecular flexibility index (Phi) is 6.40. The number of sulfonamides is 1. The first-order chi connectivity index (χ1) is 9.48. The molecule has 1 aromatic rings. The Balaban J connectivity index is 0.00000220. The van der Waals surface area contributed by atoms with Crippen molar-refractivity contribution >= 4 is 22.4 Å². The fraction of sp³-hybridized carbons (Fsp3) is 0.538. The number of rotatable bonds is 4. The van der Waals surface area contributed by atoms with Crippen LogP contribution in [-0.2, 0) is 10.0 Å². The van der Waals surface area contributed by atoms with Crippen molar-refractivity contribution in [2.24, 2.45) is 11.7 Å². The van der Waals surface area contributed by atoms with Crippen LogP contribution < -0.4 is 10.5 Å². The minimum absolute atomic E-state index is 0. The van der Waals surface area contributed by atoms with Crippen LogP contribution >= 0.6 is 12.4 Å². The van der Waals surface area contributed by atoms with Gasteiger partial charge in [0.1, 0.15) is 0 Å². The molecule has 0 bridgehead atoms. The van der Waals surface area contributed by atoms with Gasteiger partial charge in [0, 0.05) is 13.1 Å². The molecule has 21 heavy (non-hydrogen) atoms. The Morgan fingerprint density at radius 3 is 2.48 bits per heavy atom. The maximum atomic E-state index is 13.6. The molecule has 1 heterocycles. The molecule has 1 aliphatic heterocycles. The highest BCUT2D eigenvalue weighted by atomic mass is 35.5. The van der Waals surface area contributed by atoms with Crippen molar-refractivity contribution in [1.82, 2.24) is 4.31 Å². The summed E-state index contributed by atoms with van der Waals surface area (Å²) in [6, 6.07) is 3.70. The SMILES string of the molecule is COc1ccc(S(=O)(=O)N2CCC(CN)CC2)cc1F.Cl. The molecular weight excluding hydrogens is 319 g/mol. The third-order valence-corrected chi connectivity index (χ3v) is 5.56. The molecule has 0 spiro atoms. The molecule has 0 aliphatic carbocycles. The fourth-order valence-corrected chi connectivity index (χ4v) is 3.82. The molecule has 1 aliphatic rings. The van der Waals surface area contributed by atoms with Gasteiger partial charge in [-0.15, -0.1) is 12.4 Å². The Labute approximate surface area is 130 Å². The highest BCUT2D eigenvalue weighted by Crippen LogP contribution is 2.26. The van der Waals surface area contributed by atoms with E-state index in [1.54, 1.807) is 0 Å². The lowest BCUT2D eigenvalue weighted by Gasteiger charge is -2.30. The summed E-state index contributed by atoms with van der Waals surface area (Å²) in [5.41, 5.74) is 5.59. The van der Waals surface area contributed by atoms with E-state index >= 15 is 0 Å². The topological polar surface area (TPSA) is 72.6 Å². The van der Waals surface area contributed by atoms with Crippen LogP contribution in [0.2, 0.25) is 0 Å². The number of hydrogen-bond acceptors (Lipinski definition) is 4. The zero-order valence-electron chi connectivity index (χ0n) is 11.8. The summed E-state index contributed by atoms with van der Waals surface area (Å²) in [6.45, 7) is 1.43. The van der Waals surface area contributed by atoms with Crippen molar-refractivity contribution < 1.29 is 17.5 Å². The molecule has 0 saturated carbocycles. The lowest BCUT2D eigenvalue weighted by molar-refractivity contribution is 0.278. The molecule has 0 radical (unpaired) electrons. The van der Waals surface area contributed by atoms with Crippen LogP contribution in [0.25, 0.3) is 0 Å². The zero-order valence-corrected chi connectivity index (χ0v) is 13.4. The number of benzene rings is 1. The van der Waals surface area contributed by atoms with Crippen molar-refractivity contribution in [2.45, 2.75) is 17.7 Å². The molecule has 2 rings (SSSR count). The van der Waals surface area contributed by atoms with Gasteiger partial charge in [0.2, 0.25) is 10.0 Å². The second-order valence-corrected chi connectivity index (χ2v) is 6.82. The van der Waals surface area contributed by atoms with Gasteiger partial charge in [-0.2, -0.15) is 4.31 Å². The van der Waals surface area contributed by atoms with Gasteiger partial charge in [0.15, 0.2) is 11.6 Å². The predicted molar refractivity (Wildman–Crippen MR) is 80.7 cm³/mol. The number of halogens is 2. The molecule has 1 saturated heterocycles. The molecule has 1 aromatic carbocycles. The highest BCUT2D eigenvalue weighted by Gasteiger charge is 2.29. The van der Waals surface area contributed by atoms with Crippen LogP contribution in [0, 0.1) is 11.7 Å². The summed E-state index contributed by atoms with van der Waals surface area (Å²) >= 11 is 0. The molecule has 0 unspecified atom stereocenters. The molecule has 2 N–H and O–H groups in total. The van der Waals surface area contributed by atoms with E-state index in [1.165, 1.54) is 23.5 Å². The van der Waals surface area contributed by atoms with Crippen LogP contribution in [0.1, 0.15) is 12.8 Å². The molecule has 1 fully saturated rings. The number of piperidine rings is 1. The highest BCUT2D eigenvalue weighted by molar-refractivity contribution is 7.89. The number of hydrogen-bond donors (Lipinski definition) is 1. The zero-order chi connectivity index (χ0) is 14.8. The summed E-state index contributed by atoms with van der Waals surface area (Å²) in [6.07, 6.45) is 1.49. The van der Waals surface area contributed by atoms with E-state index in [9.17, 15) is 12.8 Å². The van der Waals surface area contributed by atoms with E-state index in [2.05, 4.69) is 0 Å². The molecule has 0 amide bonds. The van der Waals surface area contributed by atoms with Crippen LogP contribution in [0.5, 0.6) is 5.75 Å². The summed E-state index contributed by atoms with van der Waals surface area (Å²) in [7, 11) is -2.31. The molecule has 120 valence electrons. The molecule has 5 nitrogen and oxygen atoms in total. The Morgan fingerprint density at radius 2 is 2.00 bits per heavy atom. The van der Waals surface area contributed by atoms with Gasteiger partial charge in [0.25, 0.3) is 0 Å². The first kappa shape index (κ1) is 18.2. The summed E-state index contributed by atoms with van der Waals surface area (Å²) in [4.78, 5) is -0.0398. The van der Waals surface area contributed by atoms with Gasteiger partial charge in [-0.3, -0.25) is 0 Å². The van der Waals surface area contributed by atoms with Crippen molar-refractivity contribution in [3.8, 4) is 5.75 Å². The average Bonchev–Trinajstić information content (AvgIpc) is 2.47. The third kappa shape index (κ3) is 3.85. The largest absolute Gasteiger partial charge is 0.494 e. The quantitative estimate of drug-likeness (QED) is 0.905. The van der Waals surface area contributed by atoms with Crippen LogP contribution in [0.4, 0.5) is 4.39 Å². The average molecular weight is 339 g/mol. The normalized spacial score (nSPS) is 17.3. The van der Waals surface area contributed by atoms with Crippen LogP contribution in [0.3, 0.4) is 0 Å². The van der Waals surface area contributed by atoms with E-state index in [0.29, 0.717) is 25.6 Å². The van der Waals surface area contributed by atoms with Gasteiger partial charge in [-0.1, -0.05) is 0 Å². The molecule has 8 heteroatoms. The summed E-state index contributed by atoms with van der Waals surface area (Å²) in [5.74, 6) is -0.273. The molecule has 0 aromatic heterocycles. The van der Waals surface area contributed by atoms with Gasteiger partial charge < -0.3 is 10.5 Å². The number of ether oxygens (including phenoxy) is 1. The Bertz CT molecular complexity index is 575. The number of nitrogens with zero attached hydrogens (tertiary/aromatic N) is 1. The standard InChI is InChI=1S/C13H19FN2O3S.ClH/c1-19-13-3-2-11(8-12(13)14)20(17,18)16-6-4-10(9-15)5-7-16;/h2-3,8,10H,4-7,9,15H2,1H3;1H. The number of nitrogens with two attached hydrogens (primary N) is 1. The first-order valence-corrected chi connectivity index (χ1v) is 7.96. The van der Waals surface area contributed by atoms with Gasteiger partial charge in [-0.25, -0.2) is 12.8 Å². The van der Waals surface area contributed by atoms with E-state index in [1.807, 2.05) is 0 Å². The summed E-state index contributed by atoms with van der Waals surface area (Å²) in [5, 5.41) is 0. The monoisotopic (exact) mass is 338 g/mol. The van der Waals surface area contributed by atoms with Gasteiger partial charge in [-0.05, 0) is 43.5 Å². The first-order valence-electron chi connectivity index (χ1n) is 6.52. The smallest absolute Gasteiger partial charge is 0.243 e. The number of methoxy groups -OCH3 is 1. The van der Waals surface area contributed by atoms with Crippen molar-refractivity contribution in [3.63, 3.8) is 0 Å². The van der Waals surface area contributed by atoms with Crippen molar-refractivity contribution in [3.05, 3.63) is 24.0 Å². The maximum Gasteiger partial charge on any atom is 0.243 e. The Hall–Kier alpha value is -0.890.